The monoisotopic (exact) mass is 782 g/mol. The second-order valence-corrected chi connectivity index (χ2v) is 15.1. The predicted molar refractivity (Wildman–Crippen MR) is 181 cm³/mol. The molecule has 50 heavy (non-hydrogen) atoms. The number of amides is 2. The van der Waals surface area contributed by atoms with Crippen LogP contribution >= 0.6 is 58.2 Å². The number of esters is 1. The van der Waals surface area contributed by atoms with Crippen molar-refractivity contribution in [1.82, 2.24) is 19.6 Å². The molecule has 2 aromatic heterocycles. The Bertz CT molecular complexity index is 2010. The van der Waals surface area contributed by atoms with Gasteiger partial charge in [0, 0.05) is 28.7 Å². The number of carbonyl (C=O) groups is 6. The van der Waals surface area contributed by atoms with Crippen LogP contribution in [-0.4, -0.2) is 99.3 Å². The lowest BCUT2D eigenvalue weighted by atomic mass is 10.0. The minimum atomic E-state index is -1.67. The van der Waals surface area contributed by atoms with E-state index in [0.717, 1.165) is 51.3 Å². The van der Waals surface area contributed by atoms with Crippen LogP contribution in [0, 0.1) is 0 Å². The van der Waals surface area contributed by atoms with Gasteiger partial charge in [-0.15, -0.1) is 34.9 Å². The molecule has 1 fully saturated rings. The maximum absolute atomic E-state index is 13.5. The Labute approximate surface area is 300 Å². The molecule has 2 aliphatic rings. The van der Waals surface area contributed by atoms with E-state index >= 15 is 0 Å². The van der Waals surface area contributed by atoms with Crippen molar-refractivity contribution in [3.05, 3.63) is 62.5 Å². The van der Waals surface area contributed by atoms with Crippen LogP contribution in [0.2, 0.25) is 0 Å². The van der Waals surface area contributed by atoms with Crippen LogP contribution in [0.15, 0.2) is 60.0 Å². The number of nitrogens with two attached hydrogens (primary N) is 1. The molecule has 1 aromatic carbocycles. The lowest BCUT2D eigenvalue weighted by Gasteiger charge is -2.49. The van der Waals surface area contributed by atoms with E-state index < -0.39 is 69.4 Å². The van der Waals surface area contributed by atoms with Gasteiger partial charge in [0.15, 0.2) is 16.4 Å². The molecule has 0 radical (unpaired) electrons. The first-order chi connectivity index (χ1) is 23.7. The fraction of sp³-hybridized carbons (Fsp3) is 0.222. The van der Waals surface area contributed by atoms with E-state index in [0.29, 0.717) is 22.2 Å². The number of hydrogen-bond acceptors (Lipinski definition) is 17. The number of aromatic nitrogens is 2. The van der Waals surface area contributed by atoms with E-state index in [1.165, 1.54) is 36.6 Å². The van der Waals surface area contributed by atoms with Gasteiger partial charge >= 0.3 is 23.9 Å². The average molecular weight is 783 g/mol. The normalized spacial score (nSPS) is 17.7. The third-order valence-electron chi connectivity index (χ3n) is 6.54. The van der Waals surface area contributed by atoms with Crippen LogP contribution in [0.3, 0.4) is 0 Å². The Morgan fingerprint density at radius 2 is 1.88 bits per heavy atom. The quantitative estimate of drug-likeness (QED) is 0.0257. The standard InChI is InChI=1S/C27H22N6O12S5/c1-9(34)44-11-2-4-12(5-3-11)49-25(24(42)43)45-31-15(13-8-48-27(28)29-13)19(36)30-16-20(37)33-17(23(40)41)10(6-46-21(16)33)7-47-26-14(22(38)39)18(35)32-50-26/h2-5,8,16,21,25H,6-7H2,1H3,(H2,28,29)(H,30,36)(H,32,35)(H,38,39)(H,40,41)(H,42,43)/t16-,21+,25-/m1/s1. The number of H-pyrrole nitrogens is 1. The van der Waals surface area contributed by atoms with Gasteiger partial charge in [0.2, 0.25) is 0 Å². The third-order valence-corrected chi connectivity index (χ3v) is 11.8. The topological polar surface area (TPSA) is 281 Å². The highest BCUT2D eigenvalue weighted by Crippen LogP contribution is 2.42. The summed E-state index contributed by atoms with van der Waals surface area (Å²) in [7, 11) is 0. The summed E-state index contributed by atoms with van der Waals surface area (Å²) in [5.41, 5.74) is 2.20. The second-order valence-electron chi connectivity index (χ2n) is 9.88. The number of nitrogen functional groups attached to an aromatic ring is 1. The van der Waals surface area contributed by atoms with Crippen molar-refractivity contribution in [2.45, 2.75) is 32.9 Å². The van der Waals surface area contributed by atoms with Crippen LogP contribution in [0.1, 0.15) is 23.0 Å². The molecule has 5 rings (SSSR count). The van der Waals surface area contributed by atoms with Crippen LogP contribution in [0.5, 0.6) is 5.75 Å². The smallest absolute Gasteiger partial charge is 0.358 e. The Kier molecular flexibility index (Phi) is 11.2. The molecule has 4 heterocycles. The molecule has 0 saturated carbocycles. The number of anilines is 1. The number of carbonyl (C=O) groups excluding carboxylic acids is 3. The third kappa shape index (κ3) is 7.96. The maximum atomic E-state index is 13.5. The summed E-state index contributed by atoms with van der Waals surface area (Å²) in [6.07, 6.45) is 0. The fourth-order valence-electron chi connectivity index (χ4n) is 4.42. The number of thioether (sulfide) groups is 3. The van der Waals surface area contributed by atoms with E-state index in [-0.39, 0.29) is 38.0 Å². The van der Waals surface area contributed by atoms with Gasteiger partial charge < -0.3 is 35.9 Å². The van der Waals surface area contributed by atoms with Gasteiger partial charge in [-0.25, -0.2) is 19.4 Å². The highest BCUT2D eigenvalue weighted by atomic mass is 32.2. The molecular formula is C27H22N6O12S5. The molecule has 1 saturated heterocycles. The number of aliphatic carboxylic acids is 2. The molecule has 18 nitrogen and oxygen atoms in total. The van der Waals surface area contributed by atoms with Crippen molar-refractivity contribution >= 4 is 105 Å². The van der Waals surface area contributed by atoms with Crippen LogP contribution in [0.4, 0.5) is 5.13 Å². The number of nitrogens with one attached hydrogen (secondary N) is 2. The zero-order chi connectivity index (χ0) is 36.3. The number of oxime groups is 1. The number of fused-ring (bicyclic) bond motifs is 1. The Hall–Kier alpha value is -4.84. The van der Waals surface area contributed by atoms with Gasteiger partial charge in [0.05, 0.1) is 4.21 Å². The molecule has 262 valence electrons. The van der Waals surface area contributed by atoms with Gasteiger partial charge in [-0.05, 0) is 29.8 Å². The Morgan fingerprint density at radius 3 is 2.48 bits per heavy atom. The number of nitrogens with zero attached hydrogens (tertiary/aromatic N) is 3. The van der Waals surface area contributed by atoms with Crippen LogP contribution < -0.4 is 21.3 Å². The van der Waals surface area contributed by atoms with Crippen molar-refractivity contribution < 1.29 is 53.7 Å². The predicted octanol–water partition coefficient (Wildman–Crippen LogP) is 1.55. The van der Waals surface area contributed by atoms with E-state index in [1.807, 2.05) is 0 Å². The van der Waals surface area contributed by atoms with Gasteiger partial charge in [0.1, 0.15) is 28.6 Å². The first-order valence-corrected chi connectivity index (χ1v) is 18.3. The first-order valence-electron chi connectivity index (χ1n) is 13.7. The molecule has 0 spiro atoms. The summed E-state index contributed by atoms with van der Waals surface area (Å²) in [6.45, 7) is 1.23. The Balaban J connectivity index is 1.31. The van der Waals surface area contributed by atoms with Crippen molar-refractivity contribution in [2.24, 2.45) is 5.16 Å². The summed E-state index contributed by atoms with van der Waals surface area (Å²) in [5.74, 6) is -6.29. The highest BCUT2D eigenvalue weighted by Gasteiger charge is 2.54. The molecule has 3 aromatic rings. The van der Waals surface area contributed by atoms with E-state index in [9.17, 15) is 48.9 Å². The zero-order valence-electron chi connectivity index (χ0n) is 25.0. The number of ether oxygens (including phenoxy) is 1. The van der Waals surface area contributed by atoms with Gasteiger partial charge in [0.25, 0.3) is 22.8 Å². The molecule has 0 aliphatic carbocycles. The molecule has 23 heteroatoms. The number of aromatic carboxylic acids is 1. The van der Waals surface area contributed by atoms with Gasteiger partial charge in [-0.1, -0.05) is 28.5 Å². The maximum Gasteiger partial charge on any atom is 0.358 e. The van der Waals surface area contributed by atoms with Gasteiger partial charge in [-0.2, -0.15) is 0 Å². The molecular weight excluding hydrogens is 761 g/mol. The van der Waals surface area contributed by atoms with Crippen molar-refractivity contribution in [2.75, 3.05) is 17.2 Å². The number of β-lactam (4-membered cyclic amide) rings is 1. The molecule has 0 bridgehead atoms. The number of carboxylic acids is 3. The lowest BCUT2D eigenvalue weighted by molar-refractivity contribution is -0.150. The van der Waals surface area contributed by atoms with Crippen molar-refractivity contribution in [3.8, 4) is 5.75 Å². The molecule has 2 aliphatic heterocycles. The number of carboxylic acid groups (broad SMARTS) is 3. The zero-order valence-corrected chi connectivity index (χ0v) is 29.1. The average Bonchev–Trinajstić information content (AvgIpc) is 3.66. The van der Waals surface area contributed by atoms with Gasteiger partial charge in [-0.3, -0.25) is 28.5 Å². The molecule has 7 N–H and O–H groups in total. The Morgan fingerprint density at radius 1 is 1.16 bits per heavy atom. The summed E-state index contributed by atoms with van der Waals surface area (Å²) in [4.78, 5) is 96.2. The molecule has 0 unspecified atom stereocenters. The van der Waals surface area contributed by atoms with E-state index in [2.05, 4.69) is 19.8 Å². The highest BCUT2D eigenvalue weighted by molar-refractivity contribution is 8.02. The number of aromatic amines is 1. The summed E-state index contributed by atoms with van der Waals surface area (Å²) < 4.78 is 7.43. The number of rotatable bonds is 14. The van der Waals surface area contributed by atoms with Crippen LogP contribution in [-0.2, 0) is 28.8 Å². The molecule has 2 amide bonds. The summed E-state index contributed by atoms with van der Waals surface area (Å²) >= 11 is 4.55. The molecule has 3 atom stereocenters. The van der Waals surface area contributed by atoms with Crippen LogP contribution in [0.25, 0.3) is 0 Å². The minimum absolute atomic E-state index is 0.0330. The van der Waals surface area contributed by atoms with E-state index in [4.69, 9.17) is 15.3 Å². The SMILES string of the molecule is CC(=O)Oc1ccc(S[C@@H](ON=C(C(=O)N[C@@H]2C(=O)N3C(C(=O)O)=C(CSc4s[nH]c(=O)c4C(=O)O)CS[C@@H]23)c2csc(N)n2)C(=O)O)cc1. The first kappa shape index (κ1) is 36.4. The fourth-order valence-corrected chi connectivity index (χ4v) is 9.15. The number of hydrogen-bond donors (Lipinski definition) is 6. The number of benzene rings is 1. The largest absolute Gasteiger partial charge is 0.478 e. The van der Waals surface area contributed by atoms with E-state index in [1.54, 1.807) is 0 Å². The number of thiazole rings is 1. The van der Waals surface area contributed by atoms with Crippen molar-refractivity contribution in [3.63, 3.8) is 0 Å². The minimum Gasteiger partial charge on any atom is -0.478 e. The summed E-state index contributed by atoms with van der Waals surface area (Å²) in [6, 6.07) is 4.64. The summed E-state index contributed by atoms with van der Waals surface area (Å²) in [5, 5.41) is 35.9. The lowest BCUT2D eigenvalue weighted by Crippen LogP contribution is -2.71. The van der Waals surface area contributed by atoms with Crippen molar-refractivity contribution in [1.29, 1.82) is 0 Å². The second kappa shape index (κ2) is 15.4.